The van der Waals surface area contributed by atoms with Crippen molar-refractivity contribution >= 4 is 45.0 Å². The van der Waals surface area contributed by atoms with Gasteiger partial charge in [0.05, 0.1) is 30.1 Å². The van der Waals surface area contributed by atoms with Crippen LogP contribution in [0.3, 0.4) is 0 Å². The zero-order valence-electron chi connectivity index (χ0n) is 15.3. The predicted molar refractivity (Wildman–Crippen MR) is 107 cm³/mol. The number of hydrogen-bond acceptors (Lipinski definition) is 8. The van der Waals surface area contributed by atoms with Gasteiger partial charge in [-0.05, 0) is 12.1 Å². The summed E-state index contributed by atoms with van der Waals surface area (Å²) in [4.78, 5) is 15.2. The molecule has 1 N–H and O–H groups in total. The van der Waals surface area contributed by atoms with E-state index in [1.165, 1.54) is 0 Å². The quantitative estimate of drug-likeness (QED) is 0.561. The summed E-state index contributed by atoms with van der Waals surface area (Å²) in [5, 5.41) is 13.3. The molecular weight excluding hydrogens is 380 g/mol. The summed E-state index contributed by atoms with van der Waals surface area (Å²) < 4.78 is 6.93. The normalized spacial score (nSPS) is 14.5. The van der Waals surface area contributed by atoms with E-state index < -0.39 is 0 Å². The van der Waals surface area contributed by atoms with Crippen molar-refractivity contribution < 1.29 is 4.74 Å². The van der Waals surface area contributed by atoms with Crippen molar-refractivity contribution in [2.75, 3.05) is 30.4 Å². The van der Waals surface area contributed by atoms with E-state index in [1.807, 2.05) is 25.2 Å². The number of nitrogens with zero attached hydrogens (tertiary/aromatic N) is 7. The number of anilines is 2. The highest BCUT2D eigenvalue weighted by Crippen LogP contribution is 2.33. The number of nitrogens with one attached hydrogen (secondary N) is 1. The van der Waals surface area contributed by atoms with Crippen LogP contribution in [0, 0.1) is 0 Å². The molecule has 3 aromatic heterocycles. The van der Waals surface area contributed by atoms with Crippen molar-refractivity contribution in [3.63, 3.8) is 0 Å². The lowest BCUT2D eigenvalue weighted by Gasteiger charge is -2.42. The first-order valence-corrected chi connectivity index (χ1v) is 9.16. The number of methoxy groups -OCH3 is 1. The lowest BCUT2D eigenvalue weighted by atomic mass is 10.1. The molecule has 0 unspecified atom stereocenters. The van der Waals surface area contributed by atoms with Crippen LogP contribution in [0.25, 0.3) is 21.9 Å². The molecule has 1 aliphatic heterocycles. The van der Waals surface area contributed by atoms with Crippen LogP contribution in [0.5, 0.6) is 5.88 Å². The van der Waals surface area contributed by atoms with Crippen molar-refractivity contribution in [1.82, 2.24) is 29.9 Å². The average Bonchev–Trinajstić information content (AvgIpc) is 3.06. The van der Waals surface area contributed by atoms with Gasteiger partial charge in [0.1, 0.15) is 28.7 Å². The van der Waals surface area contributed by atoms with Crippen molar-refractivity contribution in [2.45, 2.75) is 6.04 Å². The van der Waals surface area contributed by atoms with Gasteiger partial charge in [0, 0.05) is 31.6 Å². The molecule has 0 radical (unpaired) electrons. The Hall–Kier alpha value is -3.20. The zero-order valence-corrected chi connectivity index (χ0v) is 16.1. The van der Waals surface area contributed by atoms with Crippen LogP contribution >= 0.6 is 11.6 Å². The van der Waals surface area contributed by atoms with E-state index in [1.54, 1.807) is 24.3 Å². The minimum absolute atomic E-state index is 0.244. The van der Waals surface area contributed by atoms with Crippen molar-refractivity contribution in [3.8, 4) is 5.88 Å². The summed E-state index contributed by atoms with van der Waals surface area (Å²) in [6, 6.07) is 6.02. The molecule has 9 nitrogen and oxygen atoms in total. The van der Waals surface area contributed by atoms with Crippen LogP contribution in [0.1, 0.15) is 0 Å². The highest BCUT2D eigenvalue weighted by atomic mass is 35.5. The fraction of sp³-hybridized carbons (Fsp3) is 0.278. The fourth-order valence-corrected chi connectivity index (χ4v) is 3.73. The number of aryl methyl sites for hydroxylation is 1. The Balaban J connectivity index is 1.39. The molecule has 1 saturated heterocycles. The third kappa shape index (κ3) is 2.66. The molecule has 0 spiro atoms. The van der Waals surface area contributed by atoms with Gasteiger partial charge in [-0.15, -0.1) is 5.10 Å². The largest absolute Gasteiger partial charge is 0.481 e. The van der Waals surface area contributed by atoms with E-state index in [9.17, 15) is 0 Å². The Bertz CT molecular complexity index is 1190. The Labute approximate surface area is 165 Å². The molecular formula is C18H17ClN8O. The monoisotopic (exact) mass is 396 g/mol. The Kier molecular flexibility index (Phi) is 3.90. The second kappa shape index (κ2) is 6.45. The van der Waals surface area contributed by atoms with Crippen molar-refractivity contribution in [3.05, 3.63) is 35.7 Å². The van der Waals surface area contributed by atoms with Crippen LogP contribution in [-0.4, -0.2) is 56.2 Å². The molecule has 142 valence electrons. The Morgan fingerprint density at radius 3 is 2.89 bits per heavy atom. The summed E-state index contributed by atoms with van der Waals surface area (Å²) in [5.74, 6) is 1.35. The first-order valence-electron chi connectivity index (χ1n) is 8.78. The Morgan fingerprint density at radius 1 is 1.21 bits per heavy atom. The fourth-order valence-electron chi connectivity index (χ4n) is 3.50. The van der Waals surface area contributed by atoms with Gasteiger partial charge in [-0.3, -0.25) is 0 Å². The number of pyridine rings is 1. The SMILES string of the molecule is COc1cc(N2CC(Nc3ncnc4c3ccc3nnn(C)c34)C2)c(Cl)cn1. The van der Waals surface area contributed by atoms with E-state index in [0.29, 0.717) is 10.9 Å². The average molecular weight is 397 g/mol. The van der Waals surface area contributed by atoms with E-state index in [2.05, 4.69) is 35.5 Å². The van der Waals surface area contributed by atoms with Gasteiger partial charge in [0.15, 0.2) is 0 Å². The number of ether oxygens (including phenoxy) is 1. The number of benzene rings is 1. The lowest BCUT2D eigenvalue weighted by Crippen LogP contribution is -2.55. The number of halogens is 1. The van der Waals surface area contributed by atoms with E-state index in [0.717, 1.165) is 46.5 Å². The van der Waals surface area contributed by atoms with Crippen LogP contribution in [-0.2, 0) is 7.05 Å². The summed E-state index contributed by atoms with van der Waals surface area (Å²) >= 11 is 6.29. The predicted octanol–water partition coefficient (Wildman–Crippen LogP) is 2.27. The van der Waals surface area contributed by atoms with Gasteiger partial charge >= 0.3 is 0 Å². The molecule has 1 fully saturated rings. The lowest BCUT2D eigenvalue weighted by molar-refractivity contribution is 0.397. The molecule has 0 saturated carbocycles. The van der Waals surface area contributed by atoms with Gasteiger partial charge in [-0.2, -0.15) is 0 Å². The first-order chi connectivity index (χ1) is 13.6. The minimum atomic E-state index is 0.244. The second-order valence-electron chi connectivity index (χ2n) is 6.69. The zero-order chi connectivity index (χ0) is 19.3. The summed E-state index contributed by atoms with van der Waals surface area (Å²) in [5.41, 5.74) is 3.46. The first kappa shape index (κ1) is 16.9. The summed E-state index contributed by atoms with van der Waals surface area (Å²) in [6.07, 6.45) is 3.18. The van der Waals surface area contributed by atoms with Gasteiger partial charge < -0.3 is 15.0 Å². The molecule has 0 amide bonds. The molecule has 4 heterocycles. The highest BCUT2D eigenvalue weighted by Gasteiger charge is 2.29. The molecule has 1 aliphatic rings. The molecule has 1 aromatic carbocycles. The standard InChI is InChI=1S/C18H17ClN8O/c1-26-17-13(24-25-26)4-3-11-16(17)21-9-22-18(11)23-10-7-27(8-10)14-5-15(28-2)20-6-12(14)19/h3-6,9-10H,7-8H2,1-2H3,(H,21,22,23). The minimum Gasteiger partial charge on any atom is -0.481 e. The van der Waals surface area contributed by atoms with Gasteiger partial charge in [0.2, 0.25) is 5.88 Å². The molecule has 5 rings (SSSR count). The summed E-state index contributed by atoms with van der Waals surface area (Å²) in [6.45, 7) is 1.60. The maximum Gasteiger partial charge on any atom is 0.215 e. The molecule has 28 heavy (non-hydrogen) atoms. The van der Waals surface area contributed by atoms with E-state index in [4.69, 9.17) is 16.3 Å². The highest BCUT2D eigenvalue weighted by molar-refractivity contribution is 6.33. The third-order valence-electron chi connectivity index (χ3n) is 4.95. The Morgan fingerprint density at radius 2 is 2.07 bits per heavy atom. The molecule has 0 bridgehead atoms. The summed E-state index contributed by atoms with van der Waals surface area (Å²) in [7, 11) is 3.45. The van der Waals surface area contributed by atoms with E-state index in [-0.39, 0.29) is 6.04 Å². The van der Waals surface area contributed by atoms with Gasteiger partial charge in [-0.1, -0.05) is 16.8 Å². The van der Waals surface area contributed by atoms with Gasteiger partial charge in [-0.25, -0.2) is 19.6 Å². The number of aromatic nitrogens is 6. The molecule has 4 aromatic rings. The van der Waals surface area contributed by atoms with Crippen LogP contribution in [0.4, 0.5) is 11.5 Å². The van der Waals surface area contributed by atoms with E-state index >= 15 is 0 Å². The topological polar surface area (TPSA) is 93.9 Å². The van der Waals surface area contributed by atoms with Crippen molar-refractivity contribution in [1.29, 1.82) is 0 Å². The second-order valence-corrected chi connectivity index (χ2v) is 7.10. The maximum atomic E-state index is 6.29. The molecule has 10 heteroatoms. The van der Waals surface area contributed by atoms with Crippen LogP contribution in [0.15, 0.2) is 30.7 Å². The molecule has 0 aliphatic carbocycles. The molecule has 0 atom stereocenters. The number of rotatable bonds is 4. The number of fused-ring (bicyclic) bond motifs is 3. The van der Waals surface area contributed by atoms with Crippen LogP contribution < -0.4 is 15.0 Å². The van der Waals surface area contributed by atoms with Gasteiger partial charge in [0.25, 0.3) is 0 Å². The third-order valence-corrected chi connectivity index (χ3v) is 5.24. The maximum absolute atomic E-state index is 6.29. The smallest absolute Gasteiger partial charge is 0.215 e. The van der Waals surface area contributed by atoms with Crippen molar-refractivity contribution in [2.24, 2.45) is 7.05 Å². The number of hydrogen-bond donors (Lipinski definition) is 1. The van der Waals surface area contributed by atoms with Crippen LogP contribution in [0.2, 0.25) is 5.02 Å².